The van der Waals surface area contributed by atoms with Crippen molar-refractivity contribution in [3.05, 3.63) is 94.0 Å². The van der Waals surface area contributed by atoms with Gasteiger partial charge < -0.3 is 18.8 Å². The lowest BCUT2D eigenvalue weighted by Gasteiger charge is -2.13. The second-order valence-corrected chi connectivity index (χ2v) is 9.48. The topological polar surface area (TPSA) is 93.3 Å². The Bertz CT molecular complexity index is 1940. The number of ether oxygens (including phenoxy) is 3. The van der Waals surface area contributed by atoms with Gasteiger partial charge in [0.1, 0.15) is 22.5 Å². The van der Waals surface area contributed by atoms with Gasteiger partial charge in [-0.05, 0) is 47.5 Å². The number of aromatic nitrogens is 5. The van der Waals surface area contributed by atoms with E-state index in [0.29, 0.717) is 59.0 Å². The van der Waals surface area contributed by atoms with Crippen LogP contribution in [0.25, 0.3) is 33.2 Å². The summed E-state index contributed by atoms with van der Waals surface area (Å²) in [5.74, 6) is 2.86. The lowest BCUT2D eigenvalue weighted by molar-refractivity contribution is 0.174. The Balaban J connectivity index is 1.46. The molecule has 4 heterocycles. The molecule has 0 atom stereocenters. The fourth-order valence-electron chi connectivity index (χ4n) is 5.15. The predicted octanol–water partition coefficient (Wildman–Crippen LogP) is 4.69. The molecule has 9 nitrogen and oxygen atoms in total. The first-order valence-corrected chi connectivity index (χ1v) is 12.8. The van der Waals surface area contributed by atoms with Crippen LogP contribution in [-0.2, 0) is 19.5 Å². The summed E-state index contributed by atoms with van der Waals surface area (Å²) in [4.78, 5) is 29.1. The van der Waals surface area contributed by atoms with Crippen molar-refractivity contribution in [3.8, 4) is 17.2 Å². The SMILES string of the molecule is CCc1nc2c(c(=O)n1Cc1ccc3c(c1)OCO3)c1nc3ccccc3nc1n2Cc1ccc(OC)cc1. The van der Waals surface area contributed by atoms with Gasteiger partial charge in [-0.3, -0.25) is 9.36 Å². The highest BCUT2D eigenvalue weighted by atomic mass is 16.7. The largest absolute Gasteiger partial charge is 0.497 e. The maximum Gasteiger partial charge on any atom is 0.265 e. The number of rotatable bonds is 6. The number of benzene rings is 3. The minimum Gasteiger partial charge on any atom is -0.497 e. The second-order valence-electron chi connectivity index (χ2n) is 9.48. The number of hydrogen-bond acceptors (Lipinski definition) is 7. The van der Waals surface area contributed by atoms with E-state index in [2.05, 4.69) is 0 Å². The van der Waals surface area contributed by atoms with Crippen LogP contribution < -0.4 is 19.8 Å². The smallest absolute Gasteiger partial charge is 0.265 e. The van der Waals surface area contributed by atoms with E-state index in [1.54, 1.807) is 11.7 Å². The lowest BCUT2D eigenvalue weighted by Crippen LogP contribution is -2.26. The average molecular weight is 520 g/mol. The zero-order chi connectivity index (χ0) is 26.5. The summed E-state index contributed by atoms with van der Waals surface area (Å²) in [5.41, 5.74) is 5.08. The van der Waals surface area contributed by atoms with E-state index in [4.69, 9.17) is 29.2 Å². The molecule has 0 unspecified atom stereocenters. The summed E-state index contributed by atoms with van der Waals surface area (Å²) >= 11 is 0. The Morgan fingerprint density at radius 1 is 0.821 bits per heavy atom. The molecule has 0 spiro atoms. The second kappa shape index (κ2) is 9.13. The molecule has 0 radical (unpaired) electrons. The van der Waals surface area contributed by atoms with Crippen molar-refractivity contribution in [2.75, 3.05) is 13.9 Å². The molecule has 0 N–H and O–H groups in total. The van der Waals surface area contributed by atoms with Gasteiger partial charge in [-0.1, -0.05) is 37.3 Å². The molecular formula is C30H25N5O4. The molecule has 0 bridgehead atoms. The van der Waals surface area contributed by atoms with Crippen molar-refractivity contribution in [2.45, 2.75) is 26.4 Å². The van der Waals surface area contributed by atoms with E-state index < -0.39 is 0 Å². The first-order chi connectivity index (χ1) is 19.1. The molecule has 0 amide bonds. The van der Waals surface area contributed by atoms with Crippen LogP contribution in [0.4, 0.5) is 0 Å². The average Bonchev–Trinajstić information content (AvgIpc) is 3.55. The van der Waals surface area contributed by atoms with Gasteiger partial charge in [0.25, 0.3) is 5.56 Å². The summed E-state index contributed by atoms with van der Waals surface area (Å²) in [6.45, 7) is 3.05. The first kappa shape index (κ1) is 23.2. The van der Waals surface area contributed by atoms with Crippen LogP contribution in [0.2, 0.25) is 0 Å². The van der Waals surface area contributed by atoms with Crippen LogP contribution in [0.15, 0.2) is 71.5 Å². The van der Waals surface area contributed by atoms with E-state index in [1.807, 2.05) is 78.2 Å². The van der Waals surface area contributed by atoms with Crippen molar-refractivity contribution in [3.63, 3.8) is 0 Å². The number of hydrogen-bond donors (Lipinski definition) is 0. The minimum absolute atomic E-state index is 0.141. The van der Waals surface area contributed by atoms with Crippen molar-refractivity contribution < 1.29 is 14.2 Å². The molecule has 0 saturated carbocycles. The summed E-state index contributed by atoms with van der Waals surface area (Å²) in [5, 5.41) is 0.467. The van der Waals surface area contributed by atoms with E-state index in [0.717, 1.165) is 27.9 Å². The molecule has 1 aliphatic heterocycles. The van der Waals surface area contributed by atoms with Crippen molar-refractivity contribution in [1.29, 1.82) is 0 Å². The highest BCUT2D eigenvalue weighted by Gasteiger charge is 2.23. The Hall–Kier alpha value is -4.92. The standard InChI is InChI=1S/C30H25N5O4/c1-3-25-33-28-26(30(36)34(25)16-19-10-13-23-24(14-19)39-17-38-23)27-29(32-22-7-5-4-6-21(22)31-27)35(28)15-18-8-11-20(37-2)12-9-18/h4-14H,3,15-17H2,1-2H3. The molecule has 0 saturated heterocycles. The zero-order valence-electron chi connectivity index (χ0n) is 21.5. The van der Waals surface area contributed by atoms with Crippen molar-refractivity contribution >= 4 is 33.2 Å². The quantitative estimate of drug-likeness (QED) is 0.315. The van der Waals surface area contributed by atoms with E-state index in [9.17, 15) is 4.79 Å². The maximum atomic E-state index is 14.2. The maximum absolute atomic E-state index is 14.2. The first-order valence-electron chi connectivity index (χ1n) is 12.8. The van der Waals surface area contributed by atoms with Crippen LogP contribution in [0.1, 0.15) is 23.9 Å². The zero-order valence-corrected chi connectivity index (χ0v) is 21.5. The highest BCUT2D eigenvalue weighted by Crippen LogP contribution is 2.33. The molecule has 1 aliphatic rings. The van der Waals surface area contributed by atoms with Gasteiger partial charge in [-0.15, -0.1) is 0 Å². The van der Waals surface area contributed by atoms with Gasteiger partial charge in [0.2, 0.25) is 6.79 Å². The molecular weight excluding hydrogens is 494 g/mol. The molecule has 3 aromatic heterocycles. The Labute approximate surface area is 223 Å². The van der Waals surface area contributed by atoms with Gasteiger partial charge in [0.05, 0.1) is 31.2 Å². The molecule has 9 heteroatoms. The molecule has 0 fully saturated rings. The molecule has 39 heavy (non-hydrogen) atoms. The fraction of sp³-hybridized carbons (Fsp3) is 0.200. The van der Waals surface area contributed by atoms with E-state index in [-0.39, 0.29) is 12.4 Å². The number of aryl methyl sites for hydroxylation is 1. The van der Waals surface area contributed by atoms with E-state index in [1.165, 1.54) is 0 Å². The number of para-hydroxylation sites is 2. The van der Waals surface area contributed by atoms with Crippen LogP contribution >= 0.6 is 0 Å². The molecule has 7 rings (SSSR count). The van der Waals surface area contributed by atoms with Crippen LogP contribution in [-0.4, -0.2) is 38.0 Å². The van der Waals surface area contributed by atoms with Gasteiger partial charge in [-0.25, -0.2) is 15.0 Å². The summed E-state index contributed by atoms with van der Waals surface area (Å²) in [6.07, 6.45) is 0.586. The third-order valence-corrected chi connectivity index (χ3v) is 7.12. The van der Waals surface area contributed by atoms with Gasteiger partial charge in [-0.2, -0.15) is 0 Å². The van der Waals surface area contributed by atoms with Crippen LogP contribution in [0.3, 0.4) is 0 Å². The molecule has 194 valence electrons. The lowest BCUT2D eigenvalue weighted by atomic mass is 10.2. The number of fused-ring (bicyclic) bond motifs is 5. The highest BCUT2D eigenvalue weighted by molar-refractivity contribution is 6.04. The minimum atomic E-state index is -0.141. The van der Waals surface area contributed by atoms with Crippen LogP contribution in [0.5, 0.6) is 17.2 Å². The van der Waals surface area contributed by atoms with Gasteiger partial charge >= 0.3 is 0 Å². The van der Waals surface area contributed by atoms with E-state index >= 15 is 0 Å². The Morgan fingerprint density at radius 2 is 1.54 bits per heavy atom. The fourth-order valence-corrected chi connectivity index (χ4v) is 5.15. The number of nitrogens with zero attached hydrogens (tertiary/aromatic N) is 5. The predicted molar refractivity (Wildman–Crippen MR) is 148 cm³/mol. The summed E-state index contributed by atoms with van der Waals surface area (Å²) in [7, 11) is 1.65. The van der Waals surface area contributed by atoms with Crippen molar-refractivity contribution in [2.24, 2.45) is 0 Å². The third-order valence-electron chi connectivity index (χ3n) is 7.12. The Kier molecular flexibility index (Phi) is 5.43. The number of methoxy groups -OCH3 is 1. The third kappa shape index (κ3) is 3.85. The van der Waals surface area contributed by atoms with Gasteiger partial charge in [0.15, 0.2) is 22.8 Å². The molecule has 0 aliphatic carbocycles. The normalized spacial score (nSPS) is 12.6. The summed E-state index contributed by atoms with van der Waals surface area (Å²) in [6, 6.07) is 21.3. The molecule has 6 aromatic rings. The molecule has 3 aromatic carbocycles. The van der Waals surface area contributed by atoms with Gasteiger partial charge in [0, 0.05) is 6.42 Å². The monoisotopic (exact) mass is 519 g/mol. The Morgan fingerprint density at radius 3 is 2.31 bits per heavy atom. The van der Waals surface area contributed by atoms with Crippen LogP contribution in [0, 0.1) is 0 Å². The van der Waals surface area contributed by atoms with Crippen molar-refractivity contribution in [1.82, 2.24) is 24.1 Å². The summed E-state index contributed by atoms with van der Waals surface area (Å²) < 4.78 is 20.1.